The Morgan fingerprint density at radius 3 is 1.38 bits per heavy atom. The van der Waals surface area contributed by atoms with Gasteiger partial charge in [0.05, 0.1) is 33.4 Å². The third-order valence-electron chi connectivity index (χ3n) is 13.6. The van der Waals surface area contributed by atoms with E-state index in [1.54, 1.807) is 0 Å². The van der Waals surface area contributed by atoms with E-state index < -0.39 is 0 Å². The lowest BCUT2D eigenvalue weighted by Gasteiger charge is -2.27. The molecule has 5 heteroatoms. The topological polar surface area (TPSA) is 59.4 Å². The van der Waals surface area contributed by atoms with E-state index in [2.05, 4.69) is 203 Å². The Kier molecular flexibility index (Phi) is 7.12. The van der Waals surface area contributed by atoms with Crippen molar-refractivity contribution in [2.24, 2.45) is 0 Å². The first kappa shape index (κ1) is 34.8. The molecule has 4 heterocycles. The first-order valence-corrected chi connectivity index (χ1v) is 21.6. The van der Waals surface area contributed by atoms with Crippen molar-refractivity contribution in [2.75, 3.05) is 0 Å². The van der Waals surface area contributed by atoms with Gasteiger partial charge in [-0.1, -0.05) is 164 Å². The molecule has 0 aliphatic heterocycles. The van der Waals surface area contributed by atoms with Crippen LogP contribution in [-0.4, -0.2) is 19.1 Å². The van der Waals surface area contributed by atoms with E-state index >= 15 is 0 Å². The van der Waals surface area contributed by atoms with Crippen molar-refractivity contribution in [1.82, 2.24) is 19.1 Å². The maximum Gasteiger partial charge on any atom is 0.146 e. The minimum atomic E-state index is 0.546. The molecule has 10 aromatic carbocycles. The fourth-order valence-corrected chi connectivity index (χ4v) is 11.1. The van der Waals surface area contributed by atoms with E-state index in [1.165, 1.54) is 10.8 Å². The smallest absolute Gasteiger partial charge is 0.146 e. The van der Waals surface area contributed by atoms with E-state index in [1.807, 2.05) is 12.4 Å². The van der Waals surface area contributed by atoms with Crippen LogP contribution in [0.15, 0.2) is 200 Å². The highest BCUT2D eigenvalue weighted by Gasteiger charge is 2.33. The van der Waals surface area contributed by atoms with Gasteiger partial charge in [-0.3, -0.25) is 9.55 Å². The molecule has 0 aliphatic rings. The van der Waals surface area contributed by atoms with Crippen molar-refractivity contribution in [3.05, 3.63) is 206 Å². The number of rotatable bonds is 5. The van der Waals surface area contributed by atoms with Gasteiger partial charge in [-0.15, -0.1) is 0 Å². The summed E-state index contributed by atoms with van der Waals surface area (Å²) in [5.74, 6) is 0. The molecular weight excluding hydrogens is 779 g/mol. The minimum Gasteiger partial charge on any atom is -0.307 e. The summed E-state index contributed by atoms with van der Waals surface area (Å²) in [4.78, 5) is 10.4. The Bertz CT molecular complexity index is 3810. The number of nitrogens with zero attached hydrogens (tertiary/aromatic N) is 5. The van der Waals surface area contributed by atoms with E-state index in [9.17, 15) is 5.26 Å². The maximum absolute atomic E-state index is 12.3. The monoisotopic (exact) mass is 811 g/mol. The Morgan fingerprint density at radius 1 is 0.344 bits per heavy atom. The summed E-state index contributed by atoms with van der Waals surface area (Å²) in [7, 11) is 0. The van der Waals surface area contributed by atoms with Crippen molar-refractivity contribution >= 4 is 87.0 Å². The van der Waals surface area contributed by atoms with Crippen LogP contribution in [0.4, 0.5) is 0 Å². The van der Waals surface area contributed by atoms with Gasteiger partial charge in [-0.2, -0.15) is 5.26 Å². The molecule has 294 valence electrons. The molecule has 4 aromatic heterocycles. The lowest BCUT2D eigenvalue weighted by Crippen LogP contribution is -2.11. The predicted octanol–water partition coefficient (Wildman–Crippen LogP) is 15.0. The van der Waals surface area contributed by atoms with Gasteiger partial charge < -0.3 is 4.57 Å². The number of pyridine rings is 2. The van der Waals surface area contributed by atoms with Crippen molar-refractivity contribution in [3.63, 3.8) is 0 Å². The van der Waals surface area contributed by atoms with Crippen molar-refractivity contribution in [3.8, 4) is 50.8 Å². The highest BCUT2D eigenvalue weighted by molar-refractivity contribution is 6.35. The fourth-order valence-electron chi connectivity index (χ4n) is 11.1. The zero-order valence-corrected chi connectivity index (χ0v) is 34.3. The van der Waals surface area contributed by atoms with Crippen LogP contribution >= 0.6 is 0 Å². The second kappa shape index (κ2) is 13.1. The van der Waals surface area contributed by atoms with Gasteiger partial charge in [0.2, 0.25) is 0 Å². The highest BCUT2D eigenvalue weighted by Crippen LogP contribution is 2.54. The predicted molar refractivity (Wildman–Crippen MR) is 264 cm³/mol. The van der Waals surface area contributed by atoms with Crippen LogP contribution in [0, 0.1) is 11.3 Å². The SMILES string of the molecule is N#Cc1c(-n2c3cccc4c5ccccc5c5nccc2c5c43)c(-c2ccccc2)c(-c2ccccc2)c(-c2ccccc2)c1-n1c2cccc3c4ccccc4c4ccnc1c4c32. The minimum absolute atomic E-state index is 0.546. The summed E-state index contributed by atoms with van der Waals surface area (Å²) in [6, 6.07) is 69.5. The van der Waals surface area contributed by atoms with E-state index in [4.69, 9.17) is 9.97 Å². The van der Waals surface area contributed by atoms with Crippen LogP contribution in [0.1, 0.15) is 5.56 Å². The van der Waals surface area contributed by atoms with E-state index in [0.29, 0.717) is 5.56 Å². The quantitative estimate of drug-likeness (QED) is 0.163. The van der Waals surface area contributed by atoms with Gasteiger partial charge in [-0.25, -0.2) is 4.98 Å². The van der Waals surface area contributed by atoms with Crippen LogP contribution in [0.5, 0.6) is 0 Å². The van der Waals surface area contributed by atoms with Crippen LogP contribution in [0.2, 0.25) is 0 Å². The summed E-state index contributed by atoms with van der Waals surface area (Å²) in [6.45, 7) is 0. The number of fused-ring (bicyclic) bond motifs is 6. The second-order valence-corrected chi connectivity index (χ2v) is 16.7. The lowest BCUT2D eigenvalue weighted by molar-refractivity contribution is 1.10. The number of benzene rings is 10. The normalized spacial score (nSPS) is 12.0. The standard InChI is InChI=1S/C59H33N5/c60-34-45-57(63-46-28-14-27-42-40-24-12-13-25-44(40)56-55(53(42)46)48(63)31-33-61-56)50(36-18-6-2-7-19-36)49(35-16-4-1-5-17-35)51(37-20-8-3-9-21-37)58(45)64-47-29-15-26-41-38-22-10-11-23-39(38)43-30-32-62-59(64)54(43)52(41)47/h1-33H. The summed E-state index contributed by atoms with van der Waals surface area (Å²) in [5, 5.41) is 24.8. The molecule has 14 rings (SSSR count). The van der Waals surface area contributed by atoms with Crippen LogP contribution < -0.4 is 0 Å². The average molecular weight is 812 g/mol. The molecule has 0 unspecified atom stereocenters. The second-order valence-electron chi connectivity index (χ2n) is 16.7. The molecule has 0 N–H and O–H groups in total. The zero-order valence-electron chi connectivity index (χ0n) is 34.3. The first-order chi connectivity index (χ1) is 31.8. The molecule has 0 bridgehead atoms. The molecule has 0 amide bonds. The van der Waals surface area contributed by atoms with E-state index in [-0.39, 0.29) is 0 Å². The largest absolute Gasteiger partial charge is 0.307 e. The van der Waals surface area contributed by atoms with Gasteiger partial charge >= 0.3 is 0 Å². The molecular formula is C59H33N5. The molecule has 0 aliphatic carbocycles. The van der Waals surface area contributed by atoms with Gasteiger partial charge in [0, 0.05) is 56.0 Å². The zero-order chi connectivity index (χ0) is 42.0. The Balaban J connectivity index is 1.30. The Labute approximate surface area is 366 Å². The summed E-state index contributed by atoms with van der Waals surface area (Å²) in [6.07, 6.45) is 3.85. The Hall–Kier alpha value is -8.85. The van der Waals surface area contributed by atoms with E-state index in [0.717, 1.165) is 121 Å². The summed E-state index contributed by atoms with van der Waals surface area (Å²) in [5.41, 5.74) is 12.9. The number of hydrogen-bond donors (Lipinski definition) is 0. The highest BCUT2D eigenvalue weighted by atomic mass is 15.1. The molecule has 0 saturated heterocycles. The van der Waals surface area contributed by atoms with Gasteiger partial charge in [0.1, 0.15) is 17.3 Å². The number of nitriles is 1. The van der Waals surface area contributed by atoms with Crippen LogP contribution in [0.3, 0.4) is 0 Å². The maximum atomic E-state index is 12.3. The summed E-state index contributed by atoms with van der Waals surface area (Å²) < 4.78 is 4.66. The number of hydrogen-bond acceptors (Lipinski definition) is 3. The first-order valence-electron chi connectivity index (χ1n) is 21.6. The van der Waals surface area contributed by atoms with Gasteiger partial charge in [0.25, 0.3) is 0 Å². The fraction of sp³-hybridized carbons (Fsp3) is 0. The third kappa shape index (κ3) is 4.50. The molecule has 0 atom stereocenters. The third-order valence-corrected chi connectivity index (χ3v) is 13.6. The van der Waals surface area contributed by atoms with Crippen molar-refractivity contribution in [1.29, 1.82) is 5.26 Å². The average Bonchev–Trinajstić information content (AvgIpc) is 3.89. The van der Waals surface area contributed by atoms with Crippen molar-refractivity contribution < 1.29 is 0 Å². The van der Waals surface area contributed by atoms with Crippen LogP contribution in [0.25, 0.3) is 132 Å². The summed E-state index contributed by atoms with van der Waals surface area (Å²) >= 11 is 0. The molecule has 0 fully saturated rings. The molecule has 0 saturated carbocycles. The van der Waals surface area contributed by atoms with Crippen LogP contribution in [-0.2, 0) is 0 Å². The molecule has 5 nitrogen and oxygen atoms in total. The molecule has 64 heavy (non-hydrogen) atoms. The van der Waals surface area contributed by atoms with Gasteiger partial charge in [-0.05, 0) is 73.3 Å². The van der Waals surface area contributed by atoms with Crippen molar-refractivity contribution in [2.45, 2.75) is 0 Å². The molecule has 0 spiro atoms. The lowest BCUT2D eigenvalue weighted by atomic mass is 9.82. The Morgan fingerprint density at radius 2 is 0.781 bits per heavy atom. The molecule has 14 aromatic rings. The number of aromatic nitrogens is 4. The molecule has 0 radical (unpaired) electrons. The van der Waals surface area contributed by atoms with Gasteiger partial charge in [0.15, 0.2) is 0 Å².